The summed E-state index contributed by atoms with van der Waals surface area (Å²) in [6.45, 7) is 5.92. The van der Waals surface area contributed by atoms with Crippen LogP contribution in [0.25, 0.3) is 0 Å². The minimum Gasteiger partial charge on any atom is -0.487 e. The summed E-state index contributed by atoms with van der Waals surface area (Å²) in [5.74, 6) is 0.603. The van der Waals surface area contributed by atoms with E-state index < -0.39 is 0 Å². The number of carbonyl (C=O) groups excluding carboxylic acids is 1. The van der Waals surface area contributed by atoms with Crippen LogP contribution >= 0.6 is 0 Å². The molecule has 5 nitrogen and oxygen atoms in total. The van der Waals surface area contributed by atoms with Crippen LogP contribution in [0.4, 0.5) is 0 Å². The Balaban J connectivity index is 1.88. The number of aromatic nitrogens is 1. The topological polar surface area (TPSA) is 60.5 Å². The molecule has 0 fully saturated rings. The second kappa shape index (κ2) is 8.90. The molecule has 122 valence electrons. The average molecular weight is 314 g/mol. The van der Waals surface area contributed by atoms with E-state index in [2.05, 4.69) is 10.3 Å². The highest BCUT2D eigenvalue weighted by Gasteiger charge is 2.06. The van der Waals surface area contributed by atoms with Crippen LogP contribution in [0, 0.1) is 6.92 Å². The van der Waals surface area contributed by atoms with E-state index in [1.807, 2.05) is 44.2 Å². The summed E-state index contributed by atoms with van der Waals surface area (Å²) in [7, 11) is 0. The van der Waals surface area contributed by atoms with Gasteiger partial charge in [0.25, 0.3) is 5.91 Å². The van der Waals surface area contributed by atoms with Crippen molar-refractivity contribution in [2.45, 2.75) is 20.5 Å². The molecule has 0 saturated heterocycles. The van der Waals surface area contributed by atoms with Crippen LogP contribution in [0.5, 0.6) is 5.75 Å². The third-order valence-corrected chi connectivity index (χ3v) is 3.21. The number of nitrogens with one attached hydrogen (secondary N) is 1. The number of hydrogen-bond donors (Lipinski definition) is 1. The van der Waals surface area contributed by atoms with Crippen LogP contribution in [0.2, 0.25) is 0 Å². The van der Waals surface area contributed by atoms with Crippen LogP contribution in [-0.2, 0) is 11.3 Å². The molecule has 1 heterocycles. The molecule has 0 unspecified atom stereocenters. The molecule has 0 aliphatic carbocycles. The lowest BCUT2D eigenvalue weighted by molar-refractivity contribution is 0.0922. The molecule has 2 rings (SSSR count). The highest BCUT2D eigenvalue weighted by molar-refractivity contribution is 5.94. The van der Waals surface area contributed by atoms with Gasteiger partial charge in [-0.25, -0.2) is 0 Å². The Morgan fingerprint density at radius 3 is 2.87 bits per heavy atom. The van der Waals surface area contributed by atoms with E-state index in [4.69, 9.17) is 9.47 Å². The number of pyridine rings is 1. The molecule has 0 aliphatic heterocycles. The zero-order chi connectivity index (χ0) is 16.5. The van der Waals surface area contributed by atoms with Crippen LogP contribution in [0.3, 0.4) is 0 Å². The molecular weight excluding hydrogens is 292 g/mol. The Bertz CT molecular complexity index is 626. The fraction of sp³-hybridized carbons (Fsp3) is 0.333. The molecular formula is C18H22N2O3. The van der Waals surface area contributed by atoms with Crippen molar-refractivity contribution in [1.82, 2.24) is 10.3 Å². The highest BCUT2D eigenvalue weighted by Crippen LogP contribution is 2.12. The van der Waals surface area contributed by atoms with Gasteiger partial charge in [-0.05, 0) is 43.7 Å². The normalized spacial score (nSPS) is 10.3. The predicted octanol–water partition coefficient (Wildman–Crippen LogP) is 2.74. The Morgan fingerprint density at radius 2 is 2.13 bits per heavy atom. The first kappa shape index (κ1) is 17.0. The van der Waals surface area contributed by atoms with Gasteiger partial charge >= 0.3 is 0 Å². The maximum atomic E-state index is 12.1. The molecule has 0 radical (unpaired) electrons. The summed E-state index contributed by atoms with van der Waals surface area (Å²) in [6.07, 6.45) is 1.69. The van der Waals surface area contributed by atoms with Crippen molar-refractivity contribution in [2.75, 3.05) is 19.8 Å². The molecule has 1 amide bonds. The first-order chi connectivity index (χ1) is 11.2. The van der Waals surface area contributed by atoms with E-state index in [1.54, 1.807) is 12.3 Å². The molecule has 1 aromatic carbocycles. The fourth-order valence-electron chi connectivity index (χ4n) is 1.99. The first-order valence-electron chi connectivity index (χ1n) is 7.69. The van der Waals surface area contributed by atoms with Crippen molar-refractivity contribution in [3.8, 4) is 5.75 Å². The van der Waals surface area contributed by atoms with Gasteiger partial charge in [-0.1, -0.05) is 12.1 Å². The van der Waals surface area contributed by atoms with Gasteiger partial charge in [0.15, 0.2) is 0 Å². The molecule has 0 spiro atoms. The SMILES string of the molecule is CCOCCNC(=O)c1cccc(COc2ccc(C)nc2)c1. The van der Waals surface area contributed by atoms with E-state index in [9.17, 15) is 4.79 Å². The first-order valence-corrected chi connectivity index (χ1v) is 7.69. The minimum absolute atomic E-state index is 0.108. The summed E-state index contributed by atoms with van der Waals surface area (Å²) in [5, 5.41) is 2.83. The van der Waals surface area contributed by atoms with Gasteiger partial charge in [-0.15, -0.1) is 0 Å². The van der Waals surface area contributed by atoms with Crippen LogP contribution in [-0.4, -0.2) is 30.6 Å². The van der Waals surface area contributed by atoms with Crippen molar-refractivity contribution in [1.29, 1.82) is 0 Å². The van der Waals surface area contributed by atoms with Gasteiger partial charge in [-0.3, -0.25) is 9.78 Å². The maximum Gasteiger partial charge on any atom is 0.251 e. The maximum absolute atomic E-state index is 12.1. The van der Waals surface area contributed by atoms with Crippen LogP contribution in [0.15, 0.2) is 42.6 Å². The van der Waals surface area contributed by atoms with Crippen molar-refractivity contribution in [3.05, 3.63) is 59.4 Å². The average Bonchev–Trinajstić information content (AvgIpc) is 2.58. The number of amides is 1. The zero-order valence-electron chi connectivity index (χ0n) is 13.5. The van der Waals surface area contributed by atoms with E-state index in [1.165, 1.54) is 0 Å². The summed E-state index contributed by atoms with van der Waals surface area (Å²) in [6, 6.07) is 11.2. The molecule has 2 aromatic rings. The third-order valence-electron chi connectivity index (χ3n) is 3.21. The summed E-state index contributed by atoms with van der Waals surface area (Å²) in [4.78, 5) is 16.2. The Labute approximate surface area is 136 Å². The van der Waals surface area contributed by atoms with E-state index in [0.29, 0.717) is 37.7 Å². The van der Waals surface area contributed by atoms with E-state index in [-0.39, 0.29) is 5.91 Å². The molecule has 0 saturated carbocycles. The zero-order valence-corrected chi connectivity index (χ0v) is 13.5. The number of ether oxygens (including phenoxy) is 2. The Hall–Kier alpha value is -2.40. The minimum atomic E-state index is -0.108. The van der Waals surface area contributed by atoms with Crippen molar-refractivity contribution in [3.63, 3.8) is 0 Å². The number of carbonyl (C=O) groups is 1. The van der Waals surface area contributed by atoms with Crippen LogP contribution < -0.4 is 10.1 Å². The smallest absolute Gasteiger partial charge is 0.251 e. The quantitative estimate of drug-likeness (QED) is 0.761. The largest absolute Gasteiger partial charge is 0.487 e. The molecule has 1 N–H and O–H groups in total. The second-order valence-corrected chi connectivity index (χ2v) is 5.08. The third kappa shape index (κ3) is 5.71. The van der Waals surface area contributed by atoms with Gasteiger partial charge in [-0.2, -0.15) is 0 Å². The van der Waals surface area contributed by atoms with Gasteiger partial charge < -0.3 is 14.8 Å². The number of hydrogen-bond acceptors (Lipinski definition) is 4. The van der Waals surface area contributed by atoms with Crippen molar-refractivity contribution < 1.29 is 14.3 Å². The monoisotopic (exact) mass is 314 g/mol. The molecule has 1 aromatic heterocycles. The van der Waals surface area contributed by atoms with Crippen LogP contribution in [0.1, 0.15) is 28.5 Å². The molecule has 23 heavy (non-hydrogen) atoms. The molecule has 0 bridgehead atoms. The second-order valence-electron chi connectivity index (χ2n) is 5.08. The highest BCUT2D eigenvalue weighted by atomic mass is 16.5. The van der Waals surface area contributed by atoms with Gasteiger partial charge in [0, 0.05) is 24.4 Å². The van der Waals surface area contributed by atoms with Crippen molar-refractivity contribution >= 4 is 5.91 Å². The van der Waals surface area contributed by atoms with Crippen molar-refractivity contribution in [2.24, 2.45) is 0 Å². The van der Waals surface area contributed by atoms with Gasteiger partial charge in [0.1, 0.15) is 12.4 Å². The summed E-state index contributed by atoms with van der Waals surface area (Å²) in [5.41, 5.74) is 2.50. The van der Waals surface area contributed by atoms with E-state index in [0.717, 1.165) is 11.3 Å². The lowest BCUT2D eigenvalue weighted by Gasteiger charge is -2.09. The Kier molecular flexibility index (Phi) is 6.56. The Morgan fingerprint density at radius 1 is 1.26 bits per heavy atom. The molecule has 5 heteroatoms. The predicted molar refractivity (Wildman–Crippen MR) is 88.6 cm³/mol. The standard InChI is InChI=1S/C18H22N2O3/c1-3-22-10-9-19-18(21)16-6-4-5-15(11-16)13-23-17-8-7-14(2)20-12-17/h4-8,11-12H,3,9-10,13H2,1-2H3,(H,19,21). The molecule has 0 aliphatic rings. The number of nitrogens with zero attached hydrogens (tertiary/aromatic N) is 1. The lowest BCUT2D eigenvalue weighted by Crippen LogP contribution is -2.27. The van der Waals surface area contributed by atoms with Gasteiger partial charge in [0.2, 0.25) is 0 Å². The number of aryl methyl sites for hydroxylation is 1. The van der Waals surface area contributed by atoms with Gasteiger partial charge in [0.05, 0.1) is 12.8 Å². The number of benzene rings is 1. The fourth-order valence-corrected chi connectivity index (χ4v) is 1.99. The lowest BCUT2D eigenvalue weighted by atomic mass is 10.1. The van der Waals surface area contributed by atoms with E-state index >= 15 is 0 Å². The summed E-state index contributed by atoms with van der Waals surface area (Å²) >= 11 is 0. The summed E-state index contributed by atoms with van der Waals surface area (Å²) < 4.78 is 10.9. The molecule has 0 atom stereocenters. The number of rotatable bonds is 8.